The molecule has 5 nitrogen and oxygen atoms in total. The quantitative estimate of drug-likeness (QED) is 0.775. The minimum atomic E-state index is -0.235. The van der Waals surface area contributed by atoms with Gasteiger partial charge in [0.15, 0.2) is 0 Å². The number of amides is 2. The Hall–Kier alpha value is -3.21. The van der Waals surface area contributed by atoms with Crippen molar-refractivity contribution in [3.8, 4) is 0 Å². The van der Waals surface area contributed by atoms with E-state index in [1.807, 2.05) is 48.5 Å². The van der Waals surface area contributed by atoms with Gasteiger partial charge in [0.05, 0.1) is 29.9 Å². The fraction of sp³-hybridized carbons (Fsp3) is 0.227. The molecule has 2 aromatic carbocycles. The van der Waals surface area contributed by atoms with Crippen molar-refractivity contribution in [2.24, 2.45) is 0 Å². The van der Waals surface area contributed by atoms with Gasteiger partial charge in [0, 0.05) is 18.9 Å². The number of nitrogens with zero attached hydrogens (tertiary/aromatic N) is 2. The maximum atomic E-state index is 12.7. The average molecular weight is 359 g/mol. The Morgan fingerprint density at radius 1 is 1.15 bits per heavy atom. The lowest BCUT2D eigenvalue weighted by Gasteiger charge is -2.36. The van der Waals surface area contributed by atoms with E-state index in [4.69, 9.17) is 0 Å². The van der Waals surface area contributed by atoms with Gasteiger partial charge in [-0.25, -0.2) is 0 Å². The van der Waals surface area contributed by atoms with Crippen LogP contribution in [0.3, 0.4) is 0 Å². The van der Waals surface area contributed by atoms with Crippen LogP contribution in [0.1, 0.15) is 30.5 Å². The van der Waals surface area contributed by atoms with E-state index < -0.39 is 0 Å². The maximum absolute atomic E-state index is 12.7. The van der Waals surface area contributed by atoms with Gasteiger partial charge >= 0.3 is 0 Å². The number of hydrogen-bond donors (Lipinski definition) is 1. The molecule has 0 bridgehead atoms. The minimum absolute atomic E-state index is 0.00493. The summed E-state index contributed by atoms with van der Waals surface area (Å²) in [6, 6.07) is 17.5. The molecular weight excluding hydrogens is 338 g/mol. The number of fused-ring (bicyclic) bond motifs is 2. The van der Waals surface area contributed by atoms with Gasteiger partial charge in [-0.1, -0.05) is 42.5 Å². The lowest BCUT2D eigenvalue weighted by atomic mass is 9.90. The Morgan fingerprint density at radius 2 is 1.93 bits per heavy atom. The fourth-order valence-electron chi connectivity index (χ4n) is 3.78. The largest absolute Gasteiger partial charge is 0.335 e. The third-order valence-corrected chi connectivity index (χ3v) is 5.07. The number of aromatic nitrogens is 1. The van der Waals surface area contributed by atoms with Crippen molar-refractivity contribution in [1.29, 1.82) is 0 Å². The van der Waals surface area contributed by atoms with Crippen LogP contribution >= 0.6 is 0 Å². The molecule has 3 aromatic rings. The molecule has 0 aliphatic carbocycles. The standard InChI is InChI=1S/C22H21N3O2/c1-15(26)25-11-10-16-6-2-4-8-19(16)21(25)13-22(27)24-18-12-17-7-3-5-9-20(17)23-14-18/h2-9,12,14,21H,10-11,13H2,1H3,(H,24,27). The van der Waals surface area contributed by atoms with E-state index in [0.29, 0.717) is 12.2 Å². The molecule has 0 saturated carbocycles. The van der Waals surface area contributed by atoms with Crippen LogP contribution in [0.15, 0.2) is 60.8 Å². The van der Waals surface area contributed by atoms with Crippen LogP contribution in [-0.4, -0.2) is 28.2 Å². The molecule has 0 saturated heterocycles. The highest BCUT2D eigenvalue weighted by Gasteiger charge is 2.30. The minimum Gasteiger partial charge on any atom is -0.335 e. The number of anilines is 1. The lowest BCUT2D eigenvalue weighted by Crippen LogP contribution is -2.40. The van der Waals surface area contributed by atoms with Gasteiger partial charge in [0.2, 0.25) is 11.8 Å². The first-order valence-electron chi connectivity index (χ1n) is 9.11. The molecule has 5 heteroatoms. The summed E-state index contributed by atoms with van der Waals surface area (Å²) in [5.74, 6) is -0.130. The van der Waals surface area contributed by atoms with Crippen LogP contribution in [0.2, 0.25) is 0 Å². The van der Waals surface area contributed by atoms with E-state index in [9.17, 15) is 9.59 Å². The topological polar surface area (TPSA) is 62.3 Å². The molecule has 27 heavy (non-hydrogen) atoms. The summed E-state index contributed by atoms with van der Waals surface area (Å²) in [6.07, 6.45) is 2.71. The van der Waals surface area contributed by atoms with Crippen LogP contribution in [0.5, 0.6) is 0 Å². The monoisotopic (exact) mass is 359 g/mol. The van der Waals surface area contributed by atoms with Crippen molar-refractivity contribution in [1.82, 2.24) is 9.88 Å². The van der Waals surface area contributed by atoms with Gasteiger partial charge in [-0.05, 0) is 29.7 Å². The molecule has 1 aromatic heterocycles. The Bertz CT molecular complexity index is 1020. The second-order valence-electron chi connectivity index (χ2n) is 6.85. The highest BCUT2D eigenvalue weighted by molar-refractivity contribution is 5.93. The third kappa shape index (κ3) is 3.53. The number of carbonyl (C=O) groups is 2. The predicted molar refractivity (Wildman–Crippen MR) is 105 cm³/mol. The number of para-hydroxylation sites is 1. The van der Waals surface area contributed by atoms with Crippen LogP contribution in [-0.2, 0) is 16.0 Å². The predicted octanol–water partition coefficient (Wildman–Crippen LogP) is 3.71. The third-order valence-electron chi connectivity index (χ3n) is 5.07. The Labute approximate surface area is 158 Å². The Kier molecular flexibility index (Phi) is 4.59. The van der Waals surface area contributed by atoms with Crippen molar-refractivity contribution in [3.63, 3.8) is 0 Å². The normalized spacial score (nSPS) is 16.0. The molecular formula is C22H21N3O2. The van der Waals surface area contributed by atoms with Crippen LogP contribution in [0.4, 0.5) is 5.69 Å². The van der Waals surface area contributed by atoms with Crippen LogP contribution in [0, 0.1) is 0 Å². The van der Waals surface area contributed by atoms with E-state index in [-0.39, 0.29) is 24.3 Å². The SMILES string of the molecule is CC(=O)N1CCc2ccccc2C1CC(=O)Nc1cnc2ccccc2c1. The van der Waals surface area contributed by atoms with Crippen LogP contribution in [0.25, 0.3) is 10.9 Å². The van der Waals surface area contributed by atoms with Crippen LogP contribution < -0.4 is 5.32 Å². The van der Waals surface area contributed by atoms with E-state index >= 15 is 0 Å². The molecule has 1 aliphatic rings. The maximum Gasteiger partial charge on any atom is 0.226 e. The highest BCUT2D eigenvalue weighted by atomic mass is 16.2. The lowest BCUT2D eigenvalue weighted by molar-refractivity contribution is -0.132. The summed E-state index contributed by atoms with van der Waals surface area (Å²) < 4.78 is 0. The van der Waals surface area contributed by atoms with E-state index in [1.54, 1.807) is 18.0 Å². The number of carbonyl (C=O) groups excluding carboxylic acids is 2. The zero-order chi connectivity index (χ0) is 18.8. The molecule has 1 aliphatic heterocycles. The zero-order valence-electron chi connectivity index (χ0n) is 15.2. The fourth-order valence-corrected chi connectivity index (χ4v) is 3.78. The second-order valence-corrected chi connectivity index (χ2v) is 6.85. The average Bonchev–Trinajstić information content (AvgIpc) is 2.68. The van der Waals surface area contributed by atoms with E-state index in [0.717, 1.165) is 22.9 Å². The summed E-state index contributed by atoms with van der Waals surface area (Å²) in [6.45, 7) is 2.20. The first-order valence-corrected chi connectivity index (χ1v) is 9.11. The summed E-state index contributed by atoms with van der Waals surface area (Å²) >= 11 is 0. The number of benzene rings is 2. The summed E-state index contributed by atoms with van der Waals surface area (Å²) in [5, 5.41) is 3.91. The number of nitrogens with one attached hydrogen (secondary N) is 1. The van der Waals surface area contributed by atoms with Gasteiger partial charge in [-0.15, -0.1) is 0 Å². The molecule has 0 spiro atoms. The van der Waals surface area contributed by atoms with Gasteiger partial charge in [0.25, 0.3) is 0 Å². The van der Waals surface area contributed by atoms with Crippen molar-refractivity contribution in [2.45, 2.75) is 25.8 Å². The second kappa shape index (κ2) is 7.19. The van der Waals surface area contributed by atoms with Crippen molar-refractivity contribution < 1.29 is 9.59 Å². The molecule has 0 fully saturated rings. The molecule has 1 atom stereocenters. The Morgan fingerprint density at radius 3 is 2.78 bits per heavy atom. The van der Waals surface area contributed by atoms with Gasteiger partial charge in [0.1, 0.15) is 0 Å². The summed E-state index contributed by atoms with van der Waals surface area (Å²) in [4.78, 5) is 31.0. The van der Waals surface area contributed by atoms with Crippen molar-refractivity contribution in [3.05, 3.63) is 71.9 Å². The molecule has 2 amide bonds. The van der Waals surface area contributed by atoms with E-state index in [1.165, 1.54) is 5.56 Å². The number of rotatable bonds is 3. The molecule has 4 rings (SSSR count). The van der Waals surface area contributed by atoms with Gasteiger partial charge in [-0.3, -0.25) is 14.6 Å². The van der Waals surface area contributed by atoms with E-state index in [2.05, 4.69) is 16.4 Å². The molecule has 1 unspecified atom stereocenters. The summed E-state index contributed by atoms with van der Waals surface area (Å²) in [5.41, 5.74) is 3.82. The molecule has 136 valence electrons. The summed E-state index contributed by atoms with van der Waals surface area (Å²) in [7, 11) is 0. The number of pyridine rings is 1. The molecule has 2 heterocycles. The molecule has 1 N–H and O–H groups in total. The van der Waals surface area contributed by atoms with Crippen molar-refractivity contribution >= 4 is 28.4 Å². The Balaban J connectivity index is 1.55. The molecule has 0 radical (unpaired) electrons. The number of hydrogen-bond acceptors (Lipinski definition) is 3. The first-order chi connectivity index (χ1) is 13.1. The smallest absolute Gasteiger partial charge is 0.226 e. The highest BCUT2D eigenvalue weighted by Crippen LogP contribution is 2.32. The zero-order valence-corrected chi connectivity index (χ0v) is 15.2. The van der Waals surface area contributed by atoms with Crippen molar-refractivity contribution in [2.75, 3.05) is 11.9 Å². The van der Waals surface area contributed by atoms with Gasteiger partial charge < -0.3 is 10.2 Å². The van der Waals surface area contributed by atoms with Gasteiger partial charge in [-0.2, -0.15) is 0 Å². The first kappa shape index (κ1) is 17.2.